The second-order valence-electron chi connectivity index (χ2n) is 14.3. The van der Waals surface area contributed by atoms with Crippen LogP contribution in [0.4, 0.5) is 52.0 Å². The number of ether oxygens (including phenoxy) is 1. The third-order valence-corrected chi connectivity index (χ3v) is 14.3. The number of anilines is 5. The minimum absolute atomic E-state index is 0.0109. The summed E-state index contributed by atoms with van der Waals surface area (Å²) in [6.45, 7) is 0.723. The van der Waals surface area contributed by atoms with Gasteiger partial charge in [-0.05, 0) is 97.6 Å². The van der Waals surface area contributed by atoms with E-state index < -0.39 is 103 Å². The summed E-state index contributed by atoms with van der Waals surface area (Å²) < 4.78 is 204. The Kier molecular flexibility index (Phi) is 15.5. The van der Waals surface area contributed by atoms with E-state index in [2.05, 4.69) is 51.4 Å². The first kappa shape index (κ1) is 53.6. The van der Waals surface area contributed by atoms with Crippen molar-refractivity contribution in [1.82, 2.24) is 15.0 Å². The number of hydrogen-bond acceptors (Lipinski definition) is 23. The van der Waals surface area contributed by atoms with E-state index in [0.29, 0.717) is 17.8 Å². The Balaban J connectivity index is 1.30. The second kappa shape index (κ2) is 20.5. The number of aromatic nitrogens is 3. The molecule has 1 atom stereocenters. The van der Waals surface area contributed by atoms with Crippen LogP contribution in [-0.4, -0.2) is 111 Å². The Bertz CT molecular complexity index is 3830. The van der Waals surface area contributed by atoms with Crippen LogP contribution >= 0.6 is 0 Å². The van der Waals surface area contributed by atoms with Crippen molar-refractivity contribution < 1.29 is 82.6 Å². The molecule has 6 rings (SSSR count). The highest BCUT2D eigenvalue weighted by molar-refractivity contribution is 7.87. The lowest BCUT2D eigenvalue weighted by molar-refractivity contribution is 0.317. The lowest BCUT2D eigenvalue weighted by atomic mass is 10.1. The number of nitrogens with one attached hydrogen (secondary N) is 3. The number of nitrogens with zero attached hydrogens (tertiary/aromatic N) is 7. The van der Waals surface area contributed by atoms with Gasteiger partial charge >= 0.3 is 0 Å². The molecule has 6 aromatic rings. The molecule has 0 fully saturated rings. The van der Waals surface area contributed by atoms with Crippen molar-refractivity contribution in [2.75, 3.05) is 28.3 Å². The lowest BCUT2D eigenvalue weighted by Gasteiger charge is -2.16. The van der Waals surface area contributed by atoms with Crippen molar-refractivity contribution in [3.8, 4) is 5.75 Å². The molecule has 0 amide bonds. The fraction of sp³-hybridized carbons (Fsp3) is 0.139. The van der Waals surface area contributed by atoms with Crippen LogP contribution in [-0.2, 0) is 60.7 Å². The van der Waals surface area contributed by atoms with Crippen LogP contribution in [0.5, 0.6) is 5.75 Å². The summed E-state index contributed by atoms with van der Waals surface area (Å²) in [5.74, 6) is -1.84. The molecule has 1 unspecified atom stereocenters. The third-order valence-electron chi connectivity index (χ3n) is 9.06. The van der Waals surface area contributed by atoms with E-state index in [1.165, 1.54) is 60.7 Å². The zero-order valence-electron chi connectivity index (χ0n) is 35.4. The Labute approximate surface area is 402 Å². The van der Waals surface area contributed by atoms with E-state index in [9.17, 15) is 77.8 Å². The van der Waals surface area contributed by atoms with Gasteiger partial charge in [-0.2, -0.15) is 80.8 Å². The van der Waals surface area contributed by atoms with Crippen LogP contribution in [0, 0.1) is 0 Å². The molecular weight excluding hydrogens is 1070 g/mol. The average Bonchev–Trinajstić information content (AvgIpc) is 3.25. The number of fused-ring (bicyclic) bond motifs is 1. The summed E-state index contributed by atoms with van der Waals surface area (Å²) in [5, 5.41) is 22.1. The fourth-order valence-electron chi connectivity index (χ4n) is 5.78. The minimum atomic E-state index is -5.12. The molecule has 1 heterocycles. The van der Waals surface area contributed by atoms with E-state index >= 15 is 0 Å². The molecule has 0 aliphatic heterocycles. The topological polar surface area (TPSA) is 460 Å². The third kappa shape index (κ3) is 14.9. The molecule has 0 aliphatic rings. The number of rotatable bonds is 20. The highest BCUT2D eigenvalue weighted by atomic mass is 32.2. The summed E-state index contributed by atoms with van der Waals surface area (Å²) in [5.41, 5.74) is -0.0142. The minimum Gasteiger partial charge on any atom is -0.491 e. The van der Waals surface area contributed by atoms with Gasteiger partial charge in [0.15, 0.2) is 5.37 Å². The van der Waals surface area contributed by atoms with Crippen molar-refractivity contribution in [2.24, 2.45) is 20.5 Å². The SMILES string of the molecule is CC(Nc1nc(Nc2ccc(N=Nc3ccc4c(S(=O)(=O)O)cc(S(=O)(=O)O)cc4c3)cc2)nc(Nc2ccc(N=Nc3ccc(S(=O)(=O)O)cc3S(=O)(=O)O)cc2OCCCS(=O)(=O)O)n1)S(=O)(=O)O. The van der Waals surface area contributed by atoms with E-state index in [1.54, 1.807) is 0 Å². The summed E-state index contributed by atoms with van der Waals surface area (Å²) in [6, 6.07) is 17.1. The van der Waals surface area contributed by atoms with Crippen LogP contribution in [0.1, 0.15) is 13.3 Å². The Morgan fingerprint density at radius 1 is 0.549 bits per heavy atom. The molecule has 35 heteroatoms. The maximum atomic E-state index is 12.0. The van der Waals surface area contributed by atoms with Crippen molar-refractivity contribution in [3.63, 3.8) is 0 Å². The highest BCUT2D eigenvalue weighted by Crippen LogP contribution is 2.35. The van der Waals surface area contributed by atoms with Gasteiger partial charge in [0.2, 0.25) is 17.8 Å². The van der Waals surface area contributed by atoms with Crippen LogP contribution in [0.3, 0.4) is 0 Å². The second-order valence-corrected chi connectivity index (χ2v) is 23.3. The van der Waals surface area contributed by atoms with Gasteiger partial charge < -0.3 is 20.7 Å². The normalized spacial score (nSPS) is 13.4. The standard InChI is InChI=1S/C36H34N10O19S6/c1-20(67(50,51)52)37-34-40-35(38-22-3-5-23(6-4-22)43-44-24-7-10-28-21(15-24)16-27(69(56,57)58)19-32(28)70(59,60)61)42-36(41-34)39-29-11-8-25(17-31(29)65-13-2-14-66(47,48)49)45-46-30-12-9-26(68(53,54)55)18-33(30)71(62,63)64/h3-12,15-20H,2,13-14H2,1H3,(H,47,48,49)(H,50,51,52)(H,53,54,55)(H,56,57,58)(H,59,60,61)(H,62,63,64)(H3,37,38,39,40,41,42). The zero-order chi connectivity index (χ0) is 52.3. The lowest BCUT2D eigenvalue weighted by Crippen LogP contribution is -2.27. The first-order valence-electron chi connectivity index (χ1n) is 19.1. The van der Waals surface area contributed by atoms with Crippen molar-refractivity contribution >= 4 is 123 Å². The molecule has 378 valence electrons. The summed E-state index contributed by atoms with van der Waals surface area (Å²) in [4.78, 5) is 9.09. The van der Waals surface area contributed by atoms with Gasteiger partial charge in [-0.1, -0.05) is 6.07 Å². The van der Waals surface area contributed by atoms with Crippen LogP contribution in [0.15, 0.2) is 131 Å². The molecular formula is C36H34N10O19S6. The maximum Gasteiger partial charge on any atom is 0.296 e. The monoisotopic (exact) mass is 1100 g/mol. The van der Waals surface area contributed by atoms with Crippen molar-refractivity contribution in [1.29, 1.82) is 0 Å². The summed E-state index contributed by atoms with van der Waals surface area (Å²) in [6.07, 6.45) is -0.242. The number of azo groups is 2. The van der Waals surface area contributed by atoms with Gasteiger partial charge in [0, 0.05) is 17.1 Å². The Hall–Kier alpha value is -6.77. The van der Waals surface area contributed by atoms with Crippen LogP contribution in [0.2, 0.25) is 0 Å². The summed E-state index contributed by atoms with van der Waals surface area (Å²) in [7, 11) is -29.0. The zero-order valence-corrected chi connectivity index (χ0v) is 40.3. The number of benzene rings is 5. The Morgan fingerprint density at radius 3 is 1.70 bits per heavy atom. The predicted octanol–water partition coefficient (Wildman–Crippen LogP) is 5.63. The first-order valence-corrected chi connectivity index (χ1v) is 28.0. The van der Waals surface area contributed by atoms with Gasteiger partial charge in [-0.25, -0.2) is 0 Å². The van der Waals surface area contributed by atoms with E-state index in [0.717, 1.165) is 25.1 Å². The molecule has 0 aliphatic carbocycles. The van der Waals surface area contributed by atoms with Gasteiger partial charge in [0.05, 0.1) is 44.9 Å². The average molecular weight is 1100 g/mol. The van der Waals surface area contributed by atoms with Gasteiger partial charge in [-0.3, -0.25) is 27.3 Å². The molecule has 9 N–H and O–H groups in total. The van der Waals surface area contributed by atoms with Crippen LogP contribution in [0.25, 0.3) is 10.8 Å². The van der Waals surface area contributed by atoms with Gasteiger partial charge in [0.25, 0.3) is 60.7 Å². The smallest absolute Gasteiger partial charge is 0.296 e. The molecule has 0 radical (unpaired) electrons. The van der Waals surface area contributed by atoms with Gasteiger partial charge in [0.1, 0.15) is 21.2 Å². The molecule has 0 bridgehead atoms. The molecule has 0 saturated heterocycles. The largest absolute Gasteiger partial charge is 0.491 e. The number of hydrogen-bond donors (Lipinski definition) is 9. The van der Waals surface area contributed by atoms with Crippen LogP contribution < -0.4 is 20.7 Å². The molecule has 1 aromatic heterocycles. The molecule has 71 heavy (non-hydrogen) atoms. The summed E-state index contributed by atoms with van der Waals surface area (Å²) >= 11 is 0. The fourth-order valence-corrected chi connectivity index (χ4v) is 9.10. The van der Waals surface area contributed by atoms with Crippen molar-refractivity contribution in [3.05, 3.63) is 91.0 Å². The van der Waals surface area contributed by atoms with E-state index in [4.69, 9.17) is 4.74 Å². The van der Waals surface area contributed by atoms with E-state index in [-0.39, 0.29) is 64.2 Å². The molecule has 5 aromatic carbocycles. The van der Waals surface area contributed by atoms with Crippen molar-refractivity contribution in [2.45, 2.75) is 38.3 Å². The maximum absolute atomic E-state index is 12.0. The Morgan fingerprint density at radius 2 is 1.10 bits per heavy atom. The first-order chi connectivity index (χ1) is 32.8. The van der Waals surface area contributed by atoms with E-state index in [1.807, 2.05) is 0 Å². The molecule has 29 nitrogen and oxygen atoms in total. The molecule has 0 saturated carbocycles. The predicted molar refractivity (Wildman–Crippen MR) is 248 cm³/mol. The molecule has 0 spiro atoms. The van der Waals surface area contributed by atoms with Gasteiger partial charge in [-0.15, -0.1) is 5.11 Å². The highest BCUT2D eigenvalue weighted by Gasteiger charge is 2.23. The quantitative estimate of drug-likeness (QED) is 0.0254.